The molecule has 4 aromatic rings. The normalized spacial score (nSPS) is 14.0. The molecule has 0 spiro atoms. The Hall–Kier alpha value is -4.08. The van der Waals surface area contributed by atoms with Crippen LogP contribution in [0.2, 0.25) is 0 Å². The summed E-state index contributed by atoms with van der Waals surface area (Å²) in [7, 11) is 3.33. The van der Waals surface area contributed by atoms with Crippen LogP contribution in [-0.4, -0.2) is 25.4 Å². The highest BCUT2D eigenvalue weighted by atomic mass is 16.5. The standard InChI is InChI=1S/C31H26O3/c1-33-25-17-13-23(14-18-25)27-28(24-15-19-26(34-2)20-16-24)30(22-11-7-4-8-12-22)31(32)29(27)21-9-5-3-6-10-21/h3-20,31-32H,1-2H3. The van der Waals surface area contributed by atoms with Gasteiger partial charge in [0.25, 0.3) is 0 Å². The molecule has 0 fully saturated rings. The van der Waals surface area contributed by atoms with E-state index in [4.69, 9.17) is 9.47 Å². The summed E-state index contributed by atoms with van der Waals surface area (Å²) >= 11 is 0. The predicted octanol–water partition coefficient (Wildman–Crippen LogP) is 6.60. The van der Waals surface area contributed by atoms with Crippen molar-refractivity contribution in [2.45, 2.75) is 6.10 Å². The van der Waals surface area contributed by atoms with Gasteiger partial charge in [-0.25, -0.2) is 0 Å². The van der Waals surface area contributed by atoms with Crippen LogP contribution in [0.15, 0.2) is 109 Å². The largest absolute Gasteiger partial charge is 0.497 e. The van der Waals surface area contributed by atoms with E-state index in [1.165, 1.54) is 0 Å². The average molecular weight is 447 g/mol. The van der Waals surface area contributed by atoms with Crippen LogP contribution in [0.1, 0.15) is 22.3 Å². The molecular weight excluding hydrogens is 420 g/mol. The molecule has 0 saturated carbocycles. The summed E-state index contributed by atoms with van der Waals surface area (Å²) in [6.45, 7) is 0. The average Bonchev–Trinajstić information content (AvgIpc) is 3.22. The molecule has 5 rings (SSSR count). The van der Waals surface area contributed by atoms with E-state index in [2.05, 4.69) is 48.5 Å². The van der Waals surface area contributed by atoms with Crippen molar-refractivity contribution in [3.63, 3.8) is 0 Å². The first-order valence-corrected chi connectivity index (χ1v) is 11.3. The van der Waals surface area contributed by atoms with Gasteiger partial charge in [0.15, 0.2) is 0 Å². The molecular formula is C31H26O3. The summed E-state index contributed by atoms with van der Waals surface area (Å²) in [5.74, 6) is 1.59. The molecule has 3 nitrogen and oxygen atoms in total. The molecule has 4 aromatic carbocycles. The van der Waals surface area contributed by atoms with Crippen LogP contribution in [0.5, 0.6) is 11.5 Å². The third kappa shape index (κ3) is 3.91. The monoisotopic (exact) mass is 446 g/mol. The maximum atomic E-state index is 11.9. The molecule has 0 bridgehead atoms. The lowest BCUT2D eigenvalue weighted by molar-refractivity contribution is 0.291. The number of aliphatic hydroxyl groups excluding tert-OH is 1. The van der Waals surface area contributed by atoms with E-state index in [0.29, 0.717) is 0 Å². The second kappa shape index (κ2) is 9.42. The smallest absolute Gasteiger partial charge is 0.118 e. The highest BCUT2D eigenvalue weighted by Crippen LogP contribution is 2.51. The Balaban J connectivity index is 1.82. The van der Waals surface area contributed by atoms with Gasteiger partial charge in [0.05, 0.1) is 14.2 Å². The zero-order valence-corrected chi connectivity index (χ0v) is 19.2. The summed E-state index contributed by atoms with van der Waals surface area (Å²) < 4.78 is 10.8. The number of allylic oxidation sites excluding steroid dienone is 2. The Morgan fingerprint density at radius 2 is 0.824 bits per heavy atom. The van der Waals surface area contributed by atoms with Crippen molar-refractivity contribution in [1.82, 2.24) is 0 Å². The van der Waals surface area contributed by atoms with Crippen molar-refractivity contribution in [1.29, 1.82) is 0 Å². The third-order valence-corrected chi connectivity index (χ3v) is 6.26. The fourth-order valence-electron chi connectivity index (χ4n) is 4.64. The van der Waals surface area contributed by atoms with Gasteiger partial charge < -0.3 is 14.6 Å². The van der Waals surface area contributed by atoms with Crippen molar-refractivity contribution in [2.24, 2.45) is 0 Å². The van der Waals surface area contributed by atoms with Crippen LogP contribution in [0.4, 0.5) is 0 Å². The van der Waals surface area contributed by atoms with Crippen molar-refractivity contribution in [3.05, 3.63) is 131 Å². The van der Waals surface area contributed by atoms with Gasteiger partial charge in [-0.05, 0) is 57.7 Å². The van der Waals surface area contributed by atoms with E-state index < -0.39 is 6.10 Å². The first-order valence-electron chi connectivity index (χ1n) is 11.3. The predicted molar refractivity (Wildman–Crippen MR) is 139 cm³/mol. The quantitative estimate of drug-likeness (QED) is 0.363. The summed E-state index contributed by atoms with van der Waals surface area (Å²) in [5, 5.41) is 11.9. The molecule has 1 N–H and O–H groups in total. The van der Waals surface area contributed by atoms with Gasteiger partial charge in [-0.2, -0.15) is 0 Å². The number of benzene rings is 4. The van der Waals surface area contributed by atoms with E-state index in [9.17, 15) is 5.11 Å². The Bertz CT molecular complexity index is 1230. The lowest BCUT2D eigenvalue weighted by Gasteiger charge is -2.15. The van der Waals surface area contributed by atoms with Crippen LogP contribution in [0, 0.1) is 0 Å². The molecule has 0 amide bonds. The first kappa shape index (κ1) is 21.7. The topological polar surface area (TPSA) is 38.7 Å². The Morgan fingerprint density at radius 3 is 1.15 bits per heavy atom. The zero-order chi connectivity index (χ0) is 23.5. The fraction of sp³-hybridized carbons (Fsp3) is 0.0968. The van der Waals surface area contributed by atoms with Crippen molar-refractivity contribution in [2.75, 3.05) is 14.2 Å². The Kier molecular flexibility index (Phi) is 6.03. The molecule has 168 valence electrons. The molecule has 1 aliphatic carbocycles. The lowest BCUT2D eigenvalue weighted by atomic mass is 9.89. The number of aliphatic hydroxyl groups is 1. The highest BCUT2D eigenvalue weighted by Gasteiger charge is 2.35. The maximum Gasteiger partial charge on any atom is 0.118 e. The zero-order valence-electron chi connectivity index (χ0n) is 19.2. The van der Waals surface area contributed by atoms with Crippen LogP contribution in [0.25, 0.3) is 22.3 Å². The molecule has 0 aromatic heterocycles. The number of ether oxygens (including phenoxy) is 2. The number of hydrogen-bond donors (Lipinski definition) is 1. The summed E-state index contributed by atoms with van der Waals surface area (Å²) in [6, 6.07) is 36.3. The minimum Gasteiger partial charge on any atom is -0.497 e. The third-order valence-electron chi connectivity index (χ3n) is 6.26. The molecule has 1 aliphatic rings. The molecule has 3 heteroatoms. The second-order valence-electron chi connectivity index (χ2n) is 8.17. The van der Waals surface area contributed by atoms with E-state index in [0.717, 1.165) is 56.0 Å². The summed E-state index contributed by atoms with van der Waals surface area (Å²) in [6.07, 6.45) is -0.779. The molecule has 0 aliphatic heterocycles. The minimum atomic E-state index is -0.779. The minimum absolute atomic E-state index is 0.779. The van der Waals surface area contributed by atoms with E-state index in [1.54, 1.807) is 14.2 Å². The van der Waals surface area contributed by atoms with E-state index in [-0.39, 0.29) is 0 Å². The fourth-order valence-corrected chi connectivity index (χ4v) is 4.64. The highest BCUT2D eigenvalue weighted by molar-refractivity contribution is 6.29. The number of hydrogen-bond acceptors (Lipinski definition) is 3. The number of methoxy groups -OCH3 is 2. The van der Waals surface area contributed by atoms with Gasteiger partial charge in [-0.3, -0.25) is 0 Å². The van der Waals surface area contributed by atoms with Crippen LogP contribution in [-0.2, 0) is 0 Å². The molecule has 0 radical (unpaired) electrons. The number of rotatable bonds is 6. The van der Waals surface area contributed by atoms with Gasteiger partial charge in [-0.1, -0.05) is 84.9 Å². The van der Waals surface area contributed by atoms with Crippen LogP contribution >= 0.6 is 0 Å². The molecule has 0 atom stereocenters. The summed E-state index contributed by atoms with van der Waals surface area (Å²) in [4.78, 5) is 0. The SMILES string of the molecule is COc1ccc(C2=C(c3ccccc3)C(O)C(c3ccccc3)=C2c2ccc(OC)cc2)cc1. The van der Waals surface area contributed by atoms with Crippen LogP contribution in [0.3, 0.4) is 0 Å². The second-order valence-corrected chi connectivity index (χ2v) is 8.17. The summed E-state index contributed by atoms with van der Waals surface area (Å²) in [5.41, 5.74) is 7.88. The van der Waals surface area contributed by atoms with Gasteiger partial charge in [0.2, 0.25) is 0 Å². The molecule has 0 heterocycles. The van der Waals surface area contributed by atoms with Crippen molar-refractivity contribution < 1.29 is 14.6 Å². The van der Waals surface area contributed by atoms with Gasteiger partial charge >= 0.3 is 0 Å². The van der Waals surface area contributed by atoms with Crippen LogP contribution < -0.4 is 9.47 Å². The van der Waals surface area contributed by atoms with Crippen molar-refractivity contribution in [3.8, 4) is 11.5 Å². The molecule has 0 saturated heterocycles. The van der Waals surface area contributed by atoms with Gasteiger partial charge in [0.1, 0.15) is 17.6 Å². The maximum absolute atomic E-state index is 11.9. The van der Waals surface area contributed by atoms with E-state index >= 15 is 0 Å². The molecule has 0 unspecified atom stereocenters. The Morgan fingerprint density at radius 1 is 0.471 bits per heavy atom. The van der Waals surface area contributed by atoms with E-state index in [1.807, 2.05) is 60.7 Å². The lowest BCUT2D eigenvalue weighted by Crippen LogP contribution is -2.09. The Labute approximate surface area is 200 Å². The molecule has 34 heavy (non-hydrogen) atoms. The van der Waals surface area contributed by atoms with Gasteiger partial charge in [-0.15, -0.1) is 0 Å². The van der Waals surface area contributed by atoms with Gasteiger partial charge in [0, 0.05) is 11.1 Å². The van der Waals surface area contributed by atoms with Crippen molar-refractivity contribution >= 4 is 22.3 Å². The first-order chi connectivity index (χ1) is 16.7.